The van der Waals surface area contributed by atoms with E-state index in [1.54, 1.807) is 25.1 Å². The fraction of sp³-hybridized carbons (Fsp3) is 0.467. The van der Waals surface area contributed by atoms with Gasteiger partial charge in [0.1, 0.15) is 6.04 Å². The zero-order chi connectivity index (χ0) is 14.9. The minimum atomic E-state index is -0.938. The molecule has 1 aromatic rings. The first-order valence-electron chi connectivity index (χ1n) is 6.80. The number of rotatable bonds is 2. The summed E-state index contributed by atoms with van der Waals surface area (Å²) in [5.41, 5.74) is 7.57. The molecule has 1 aliphatic rings. The van der Waals surface area contributed by atoms with Gasteiger partial charge in [-0.1, -0.05) is 13.0 Å². The number of carboxylic acids is 1. The molecule has 0 bridgehead atoms. The molecule has 2 atom stereocenters. The number of hydrogen-bond donors (Lipinski definition) is 2. The first kappa shape index (κ1) is 14.4. The van der Waals surface area contributed by atoms with E-state index in [1.807, 2.05) is 6.92 Å². The highest BCUT2D eigenvalue weighted by atomic mass is 16.4. The quantitative estimate of drug-likeness (QED) is 0.808. The summed E-state index contributed by atoms with van der Waals surface area (Å²) in [5.74, 6) is -0.859. The largest absolute Gasteiger partial charge is 0.480 e. The Balaban J connectivity index is 2.31. The second kappa shape index (κ2) is 5.53. The van der Waals surface area contributed by atoms with E-state index in [0.717, 1.165) is 6.42 Å². The predicted molar refractivity (Wildman–Crippen MR) is 76.4 cm³/mol. The van der Waals surface area contributed by atoms with Crippen LogP contribution in [-0.4, -0.2) is 34.5 Å². The van der Waals surface area contributed by atoms with Gasteiger partial charge in [0.15, 0.2) is 0 Å². The second-order valence-corrected chi connectivity index (χ2v) is 5.50. The van der Waals surface area contributed by atoms with Gasteiger partial charge in [0.2, 0.25) is 0 Å². The van der Waals surface area contributed by atoms with Crippen LogP contribution in [0, 0.1) is 12.8 Å². The van der Waals surface area contributed by atoms with Crippen molar-refractivity contribution >= 4 is 17.6 Å². The van der Waals surface area contributed by atoms with Crippen molar-refractivity contribution < 1.29 is 14.7 Å². The molecule has 108 valence electrons. The molecule has 20 heavy (non-hydrogen) atoms. The maximum Gasteiger partial charge on any atom is 0.326 e. The van der Waals surface area contributed by atoms with Crippen molar-refractivity contribution in [3.8, 4) is 0 Å². The van der Waals surface area contributed by atoms with E-state index >= 15 is 0 Å². The van der Waals surface area contributed by atoms with Crippen LogP contribution < -0.4 is 5.73 Å². The monoisotopic (exact) mass is 276 g/mol. The van der Waals surface area contributed by atoms with Crippen molar-refractivity contribution in [2.24, 2.45) is 5.92 Å². The topological polar surface area (TPSA) is 83.6 Å². The third-order valence-electron chi connectivity index (χ3n) is 4.02. The lowest BCUT2D eigenvalue weighted by molar-refractivity contribution is -0.144. The van der Waals surface area contributed by atoms with Crippen molar-refractivity contribution in [1.82, 2.24) is 4.90 Å². The minimum absolute atomic E-state index is 0.242. The number of piperidine rings is 1. The number of nitrogens with two attached hydrogens (primary N) is 1. The lowest BCUT2D eigenvalue weighted by atomic mass is 9.91. The molecule has 2 rings (SSSR count). The highest BCUT2D eigenvalue weighted by Crippen LogP contribution is 2.26. The lowest BCUT2D eigenvalue weighted by Gasteiger charge is -2.36. The first-order valence-corrected chi connectivity index (χ1v) is 6.80. The maximum absolute atomic E-state index is 12.6. The number of carbonyl (C=O) groups excluding carboxylic acids is 1. The van der Waals surface area contributed by atoms with Gasteiger partial charge in [0.05, 0.1) is 0 Å². The molecule has 1 heterocycles. The van der Waals surface area contributed by atoms with Crippen LogP contribution in [0.3, 0.4) is 0 Å². The number of anilines is 1. The fourth-order valence-electron chi connectivity index (χ4n) is 2.66. The molecule has 0 aliphatic carbocycles. The van der Waals surface area contributed by atoms with E-state index in [-0.39, 0.29) is 5.91 Å². The Morgan fingerprint density at radius 1 is 1.40 bits per heavy atom. The molecular weight excluding hydrogens is 256 g/mol. The maximum atomic E-state index is 12.6. The summed E-state index contributed by atoms with van der Waals surface area (Å²) < 4.78 is 0. The van der Waals surface area contributed by atoms with E-state index < -0.39 is 12.0 Å². The van der Waals surface area contributed by atoms with Crippen LogP contribution in [0.25, 0.3) is 0 Å². The van der Waals surface area contributed by atoms with Crippen LogP contribution in [0.2, 0.25) is 0 Å². The van der Waals surface area contributed by atoms with Crippen molar-refractivity contribution in [2.45, 2.75) is 32.7 Å². The van der Waals surface area contributed by atoms with Crippen molar-refractivity contribution in [2.75, 3.05) is 12.3 Å². The minimum Gasteiger partial charge on any atom is -0.480 e. The number of nitrogen functional groups attached to an aromatic ring is 1. The number of likely N-dealkylation sites (tertiary alicyclic amines) is 1. The Hall–Kier alpha value is -2.04. The SMILES string of the molecule is Cc1c(N)cccc1C(=O)N1CCC(C)CC1C(=O)O. The molecule has 5 heteroatoms. The van der Waals surface area contributed by atoms with Gasteiger partial charge in [-0.2, -0.15) is 0 Å². The molecule has 2 unspecified atom stereocenters. The number of nitrogens with zero attached hydrogens (tertiary/aromatic N) is 1. The van der Waals surface area contributed by atoms with E-state index in [4.69, 9.17) is 5.73 Å². The average molecular weight is 276 g/mol. The van der Waals surface area contributed by atoms with E-state index in [1.165, 1.54) is 4.90 Å². The summed E-state index contributed by atoms with van der Waals surface area (Å²) >= 11 is 0. The zero-order valence-corrected chi connectivity index (χ0v) is 11.8. The van der Waals surface area contributed by atoms with Gasteiger partial charge in [-0.15, -0.1) is 0 Å². The van der Waals surface area contributed by atoms with Gasteiger partial charge in [-0.25, -0.2) is 4.79 Å². The Bertz CT molecular complexity index is 542. The van der Waals surface area contributed by atoms with Gasteiger partial charge < -0.3 is 15.7 Å². The molecule has 1 saturated heterocycles. The number of benzene rings is 1. The molecular formula is C15H20N2O3. The number of carbonyl (C=O) groups is 2. The van der Waals surface area contributed by atoms with Gasteiger partial charge >= 0.3 is 5.97 Å². The molecule has 3 N–H and O–H groups in total. The summed E-state index contributed by atoms with van der Waals surface area (Å²) in [6.45, 7) is 4.28. The number of carboxylic acid groups (broad SMARTS) is 1. The number of hydrogen-bond acceptors (Lipinski definition) is 3. The van der Waals surface area contributed by atoms with Crippen molar-refractivity contribution in [3.05, 3.63) is 29.3 Å². The third-order valence-corrected chi connectivity index (χ3v) is 4.02. The normalized spacial score (nSPS) is 22.6. The van der Waals surface area contributed by atoms with E-state index in [2.05, 4.69) is 0 Å². The molecule has 0 aromatic heterocycles. The highest BCUT2D eigenvalue weighted by Gasteiger charge is 2.35. The summed E-state index contributed by atoms with van der Waals surface area (Å²) in [6.07, 6.45) is 1.33. The van der Waals surface area contributed by atoms with Crippen LogP contribution in [0.15, 0.2) is 18.2 Å². The summed E-state index contributed by atoms with van der Waals surface area (Å²) in [7, 11) is 0. The van der Waals surface area contributed by atoms with Gasteiger partial charge in [0, 0.05) is 17.8 Å². The Labute approximate surface area is 118 Å². The average Bonchev–Trinajstić information content (AvgIpc) is 2.41. The second-order valence-electron chi connectivity index (χ2n) is 5.50. The van der Waals surface area contributed by atoms with Crippen molar-refractivity contribution in [1.29, 1.82) is 0 Å². The summed E-state index contributed by atoms with van der Waals surface area (Å²) in [5, 5.41) is 9.33. The number of amides is 1. The predicted octanol–water partition coefficient (Wildman–Crippen LogP) is 1.90. The molecule has 0 radical (unpaired) electrons. The van der Waals surface area contributed by atoms with Crippen LogP contribution >= 0.6 is 0 Å². The van der Waals surface area contributed by atoms with Crippen LogP contribution in [-0.2, 0) is 4.79 Å². The molecule has 1 aromatic carbocycles. The van der Waals surface area contributed by atoms with E-state index in [0.29, 0.717) is 35.7 Å². The van der Waals surface area contributed by atoms with Crippen LogP contribution in [0.4, 0.5) is 5.69 Å². The Morgan fingerprint density at radius 2 is 2.10 bits per heavy atom. The number of aliphatic carboxylic acids is 1. The summed E-state index contributed by atoms with van der Waals surface area (Å²) in [4.78, 5) is 25.4. The highest BCUT2D eigenvalue weighted by molar-refractivity contribution is 5.99. The molecule has 1 fully saturated rings. The molecule has 5 nitrogen and oxygen atoms in total. The molecule has 1 aliphatic heterocycles. The van der Waals surface area contributed by atoms with Crippen LogP contribution in [0.5, 0.6) is 0 Å². The van der Waals surface area contributed by atoms with Crippen molar-refractivity contribution in [3.63, 3.8) is 0 Å². The standard InChI is InChI=1S/C15H20N2O3/c1-9-6-7-17(13(8-9)15(19)20)14(18)11-4-3-5-12(16)10(11)2/h3-5,9,13H,6-8,16H2,1-2H3,(H,19,20). The first-order chi connectivity index (χ1) is 9.41. The third kappa shape index (κ3) is 2.61. The van der Waals surface area contributed by atoms with E-state index in [9.17, 15) is 14.7 Å². The van der Waals surface area contributed by atoms with Gasteiger partial charge in [-0.05, 0) is 43.4 Å². The fourth-order valence-corrected chi connectivity index (χ4v) is 2.66. The summed E-state index contributed by atoms with van der Waals surface area (Å²) in [6, 6.07) is 4.41. The van der Waals surface area contributed by atoms with Crippen LogP contribution in [0.1, 0.15) is 35.7 Å². The Kier molecular flexibility index (Phi) is 3.97. The van der Waals surface area contributed by atoms with Gasteiger partial charge in [0.25, 0.3) is 5.91 Å². The molecule has 0 saturated carbocycles. The Morgan fingerprint density at radius 3 is 2.75 bits per heavy atom. The zero-order valence-electron chi connectivity index (χ0n) is 11.8. The molecule has 1 amide bonds. The smallest absolute Gasteiger partial charge is 0.326 e. The molecule has 0 spiro atoms. The van der Waals surface area contributed by atoms with Gasteiger partial charge in [-0.3, -0.25) is 4.79 Å². The lowest BCUT2D eigenvalue weighted by Crippen LogP contribution is -2.49.